The lowest BCUT2D eigenvalue weighted by atomic mass is 9.98. The Hall–Kier alpha value is -0.450. The summed E-state index contributed by atoms with van der Waals surface area (Å²) in [7, 11) is 0. The lowest BCUT2D eigenvalue weighted by Gasteiger charge is -2.18. The second kappa shape index (κ2) is 4.91. The summed E-state index contributed by atoms with van der Waals surface area (Å²) < 4.78 is 14.7. The molecule has 1 aromatic carbocycles. The number of halogens is 2. The van der Waals surface area contributed by atoms with Gasteiger partial charge < -0.3 is 5.73 Å². The summed E-state index contributed by atoms with van der Waals surface area (Å²) in [5, 5.41) is 0. The lowest BCUT2D eigenvalue weighted by molar-refractivity contribution is 0.293. The Kier molecular flexibility index (Phi) is 3.43. The summed E-state index contributed by atoms with van der Waals surface area (Å²) in [6, 6.07) is 5.51. The minimum absolute atomic E-state index is 0.112. The SMILES string of the molecule is NC1CCC2CN(Cc3cc(Br)ccc3F)CC12. The zero-order chi connectivity index (χ0) is 12.7. The van der Waals surface area contributed by atoms with E-state index in [4.69, 9.17) is 5.73 Å². The summed E-state index contributed by atoms with van der Waals surface area (Å²) >= 11 is 3.40. The Labute approximate surface area is 115 Å². The fraction of sp³-hybridized carbons (Fsp3) is 0.571. The second-order valence-corrected chi connectivity index (χ2v) is 6.51. The molecule has 2 aliphatic rings. The molecule has 3 unspecified atom stereocenters. The first-order chi connectivity index (χ1) is 8.63. The molecule has 2 N–H and O–H groups in total. The van der Waals surface area contributed by atoms with Crippen LogP contribution in [0.5, 0.6) is 0 Å². The third kappa shape index (κ3) is 2.33. The maximum atomic E-state index is 13.7. The molecule has 1 saturated heterocycles. The number of benzene rings is 1. The van der Waals surface area contributed by atoms with Crippen LogP contribution in [0.15, 0.2) is 22.7 Å². The number of nitrogens with zero attached hydrogens (tertiary/aromatic N) is 1. The van der Waals surface area contributed by atoms with Crippen LogP contribution in [0.25, 0.3) is 0 Å². The van der Waals surface area contributed by atoms with Crippen LogP contribution in [-0.4, -0.2) is 24.0 Å². The molecule has 1 aliphatic carbocycles. The normalized spacial score (nSPS) is 31.8. The van der Waals surface area contributed by atoms with E-state index in [1.165, 1.54) is 12.5 Å². The second-order valence-electron chi connectivity index (χ2n) is 5.59. The zero-order valence-electron chi connectivity index (χ0n) is 10.3. The van der Waals surface area contributed by atoms with Crippen molar-refractivity contribution in [3.63, 3.8) is 0 Å². The van der Waals surface area contributed by atoms with Crippen LogP contribution < -0.4 is 5.73 Å². The highest BCUT2D eigenvalue weighted by atomic mass is 79.9. The van der Waals surface area contributed by atoms with E-state index in [-0.39, 0.29) is 5.82 Å². The summed E-state index contributed by atoms with van der Waals surface area (Å²) in [6.07, 6.45) is 2.40. The zero-order valence-corrected chi connectivity index (χ0v) is 11.9. The molecule has 98 valence electrons. The maximum absolute atomic E-state index is 13.7. The van der Waals surface area contributed by atoms with Crippen molar-refractivity contribution in [2.75, 3.05) is 13.1 Å². The summed E-state index contributed by atoms with van der Waals surface area (Å²) in [6.45, 7) is 2.80. The Morgan fingerprint density at radius 2 is 2.17 bits per heavy atom. The van der Waals surface area contributed by atoms with Gasteiger partial charge in [0.1, 0.15) is 5.82 Å². The van der Waals surface area contributed by atoms with E-state index in [9.17, 15) is 4.39 Å². The first kappa shape index (κ1) is 12.6. The van der Waals surface area contributed by atoms with Gasteiger partial charge in [-0.2, -0.15) is 0 Å². The van der Waals surface area contributed by atoms with Gasteiger partial charge in [0.05, 0.1) is 0 Å². The first-order valence-electron chi connectivity index (χ1n) is 6.55. The third-order valence-corrected chi connectivity index (χ3v) is 4.88. The quantitative estimate of drug-likeness (QED) is 0.910. The van der Waals surface area contributed by atoms with Crippen LogP contribution in [0.2, 0.25) is 0 Å². The smallest absolute Gasteiger partial charge is 0.127 e. The van der Waals surface area contributed by atoms with E-state index >= 15 is 0 Å². The first-order valence-corrected chi connectivity index (χ1v) is 7.34. The number of nitrogens with two attached hydrogens (primary N) is 1. The molecule has 1 heterocycles. The summed E-state index contributed by atoms with van der Waals surface area (Å²) in [4.78, 5) is 2.35. The van der Waals surface area contributed by atoms with Gasteiger partial charge in [-0.25, -0.2) is 4.39 Å². The molecule has 3 atom stereocenters. The standard InChI is InChI=1S/C14H18BrFN2/c15-11-2-3-13(16)10(5-11)7-18-6-9-1-4-14(17)12(9)8-18/h2-3,5,9,12,14H,1,4,6-8,17H2. The highest BCUT2D eigenvalue weighted by Crippen LogP contribution is 2.37. The van der Waals surface area contributed by atoms with Crippen molar-refractivity contribution in [1.82, 2.24) is 4.90 Å². The Morgan fingerprint density at radius 1 is 1.33 bits per heavy atom. The van der Waals surface area contributed by atoms with E-state index in [1.54, 1.807) is 6.07 Å². The number of likely N-dealkylation sites (tertiary alicyclic amines) is 1. The molecule has 0 aromatic heterocycles. The fourth-order valence-corrected chi connectivity index (χ4v) is 3.84. The molecule has 1 aromatic rings. The number of fused-ring (bicyclic) bond motifs is 1. The van der Waals surface area contributed by atoms with Crippen molar-refractivity contribution in [1.29, 1.82) is 0 Å². The van der Waals surface area contributed by atoms with Gasteiger partial charge in [-0.3, -0.25) is 4.90 Å². The molecule has 0 bridgehead atoms. The van der Waals surface area contributed by atoms with Crippen molar-refractivity contribution in [3.05, 3.63) is 34.1 Å². The number of hydrogen-bond acceptors (Lipinski definition) is 2. The van der Waals surface area contributed by atoms with Crippen LogP contribution >= 0.6 is 15.9 Å². The lowest BCUT2D eigenvalue weighted by Crippen LogP contribution is -2.30. The van der Waals surface area contributed by atoms with E-state index < -0.39 is 0 Å². The van der Waals surface area contributed by atoms with Gasteiger partial charge in [0.15, 0.2) is 0 Å². The van der Waals surface area contributed by atoms with Crippen LogP contribution in [0.4, 0.5) is 4.39 Å². The number of rotatable bonds is 2. The van der Waals surface area contributed by atoms with Crippen molar-refractivity contribution >= 4 is 15.9 Å². The molecule has 1 aliphatic heterocycles. The molecule has 0 amide bonds. The average Bonchev–Trinajstić information content (AvgIpc) is 2.87. The van der Waals surface area contributed by atoms with Gasteiger partial charge in [-0.1, -0.05) is 15.9 Å². The van der Waals surface area contributed by atoms with Gasteiger partial charge in [0, 0.05) is 35.7 Å². The van der Waals surface area contributed by atoms with Gasteiger partial charge in [-0.05, 0) is 42.9 Å². The van der Waals surface area contributed by atoms with Crippen LogP contribution in [0.3, 0.4) is 0 Å². The Bertz CT molecular complexity index is 451. The van der Waals surface area contributed by atoms with E-state index in [2.05, 4.69) is 20.8 Å². The minimum atomic E-state index is -0.112. The summed E-state index contributed by atoms with van der Waals surface area (Å²) in [5.41, 5.74) is 6.90. The highest BCUT2D eigenvalue weighted by molar-refractivity contribution is 9.10. The molecule has 2 fully saturated rings. The van der Waals surface area contributed by atoms with Gasteiger partial charge >= 0.3 is 0 Å². The van der Waals surface area contributed by atoms with E-state index in [1.807, 2.05) is 6.07 Å². The van der Waals surface area contributed by atoms with Gasteiger partial charge in [0.25, 0.3) is 0 Å². The average molecular weight is 313 g/mol. The number of hydrogen-bond donors (Lipinski definition) is 1. The van der Waals surface area contributed by atoms with Gasteiger partial charge in [-0.15, -0.1) is 0 Å². The highest BCUT2D eigenvalue weighted by Gasteiger charge is 2.40. The topological polar surface area (TPSA) is 29.3 Å². The van der Waals surface area contributed by atoms with Crippen LogP contribution in [0.1, 0.15) is 18.4 Å². The predicted molar refractivity (Wildman–Crippen MR) is 73.6 cm³/mol. The van der Waals surface area contributed by atoms with Crippen molar-refractivity contribution in [2.24, 2.45) is 17.6 Å². The maximum Gasteiger partial charge on any atom is 0.127 e. The van der Waals surface area contributed by atoms with Gasteiger partial charge in [0.2, 0.25) is 0 Å². The Balaban J connectivity index is 1.69. The summed E-state index contributed by atoms with van der Waals surface area (Å²) in [5.74, 6) is 1.25. The van der Waals surface area contributed by atoms with Crippen molar-refractivity contribution in [2.45, 2.75) is 25.4 Å². The van der Waals surface area contributed by atoms with Crippen LogP contribution in [-0.2, 0) is 6.54 Å². The molecule has 0 radical (unpaired) electrons. The van der Waals surface area contributed by atoms with E-state index in [0.29, 0.717) is 18.5 Å². The van der Waals surface area contributed by atoms with Crippen molar-refractivity contribution < 1.29 is 4.39 Å². The largest absolute Gasteiger partial charge is 0.327 e. The monoisotopic (exact) mass is 312 g/mol. The Morgan fingerprint density at radius 3 is 2.94 bits per heavy atom. The van der Waals surface area contributed by atoms with Crippen LogP contribution in [0, 0.1) is 17.7 Å². The predicted octanol–water partition coefficient (Wildman–Crippen LogP) is 2.76. The molecular formula is C14H18BrFN2. The molecule has 1 saturated carbocycles. The molecule has 4 heteroatoms. The fourth-order valence-electron chi connectivity index (χ4n) is 3.43. The van der Waals surface area contributed by atoms with E-state index in [0.717, 1.165) is 35.5 Å². The molecule has 2 nitrogen and oxygen atoms in total. The molecule has 3 rings (SSSR count). The molecule has 18 heavy (non-hydrogen) atoms. The molecule has 0 spiro atoms. The minimum Gasteiger partial charge on any atom is -0.327 e. The molecular weight excluding hydrogens is 295 g/mol. The van der Waals surface area contributed by atoms with Crippen molar-refractivity contribution in [3.8, 4) is 0 Å². The third-order valence-electron chi connectivity index (χ3n) is 4.39.